The molecular formula is C14H24BrNS. The first-order valence-electron chi connectivity index (χ1n) is 6.19. The topological polar surface area (TPSA) is 12.9 Å². The number of rotatable bonds is 3. The number of hydrogen-bond acceptors (Lipinski definition) is 2. The SMILES string of the molecule is CC(C)(C)c1csc(CCC(Br)C(C)(C)C)n1. The molecule has 1 aromatic rings. The zero-order valence-corrected chi connectivity index (χ0v) is 14.2. The Hall–Kier alpha value is 0.110. The highest BCUT2D eigenvalue weighted by atomic mass is 79.9. The summed E-state index contributed by atoms with van der Waals surface area (Å²) in [5.41, 5.74) is 1.72. The highest BCUT2D eigenvalue weighted by Gasteiger charge is 2.22. The fraction of sp³-hybridized carbons (Fsp3) is 0.786. The van der Waals surface area contributed by atoms with Crippen LogP contribution < -0.4 is 0 Å². The maximum Gasteiger partial charge on any atom is 0.0928 e. The molecule has 1 rings (SSSR count). The summed E-state index contributed by atoms with van der Waals surface area (Å²) < 4.78 is 0. The summed E-state index contributed by atoms with van der Waals surface area (Å²) >= 11 is 5.58. The zero-order valence-electron chi connectivity index (χ0n) is 11.8. The van der Waals surface area contributed by atoms with Crippen molar-refractivity contribution in [2.24, 2.45) is 5.41 Å². The molecule has 0 aliphatic rings. The van der Waals surface area contributed by atoms with Crippen LogP contribution in [0.5, 0.6) is 0 Å². The van der Waals surface area contributed by atoms with Crippen molar-refractivity contribution in [2.75, 3.05) is 0 Å². The van der Waals surface area contributed by atoms with E-state index >= 15 is 0 Å². The lowest BCUT2D eigenvalue weighted by molar-refractivity contribution is 0.385. The van der Waals surface area contributed by atoms with Gasteiger partial charge in [0.05, 0.1) is 10.7 Å². The second kappa shape index (κ2) is 5.40. The molecular weight excluding hydrogens is 294 g/mol. The number of halogens is 1. The van der Waals surface area contributed by atoms with Gasteiger partial charge in [0.15, 0.2) is 0 Å². The molecule has 0 aromatic carbocycles. The van der Waals surface area contributed by atoms with E-state index in [1.807, 2.05) is 0 Å². The van der Waals surface area contributed by atoms with Gasteiger partial charge in [-0.25, -0.2) is 4.98 Å². The minimum Gasteiger partial charge on any atom is -0.246 e. The van der Waals surface area contributed by atoms with Gasteiger partial charge >= 0.3 is 0 Å². The van der Waals surface area contributed by atoms with Gasteiger partial charge < -0.3 is 0 Å². The van der Waals surface area contributed by atoms with Crippen LogP contribution in [0.25, 0.3) is 0 Å². The van der Waals surface area contributed by atoms with E-state index in [2.05, 4.69) is 62.9 Å². The summed E-state index contributed by atoms with van der Waals surface area (Å²) in [6.45, 7) is 13.5. The van der Waals surface area contributed by atoms with Gasteiger partial charge in [0.1, 0.15) is 0 Å². The van der Waals surface area contributed by atoms with Crippen molar-refractivity contribution in [1.29, 1.82) is 0 Å². The Labute approximate surface area is 118 Å². The quantitative estimate of drug-likeness (QED) is 0.700. The molecule has 1 heterocycles. The van der Waals surface area contributed by atoms with Crippen molar-refractivity contribution in [2.45, 2.75) is 64.6 Å². The fourth-order valence-corrected chi connectivity index (χ4v) is 2.72. The number of aromatic nitrogens is 1. The van der Waals surface area contributed by atoms with Gasteiger partial charge in [-0.05, 0) is 11.8 Å². The Bertz CT molecular complexity index is 357. The monoisotopic (exact) mass is 317 g/mol. The fourth-order valence-electron chi connectivity index (χ4n) is 1.45. The van der Waals surface area contributed by atoms with Gasteiger partial charge in [-0.1, -0.05) is 57.5 Å². The Kier molecular flexibility index (Phi) is 4.81. The van der Waals surface area contributed by atoms with Crippen LogP contribution in [0.1, 0.15) is 58.7 Å². The summed E-state index contributed by atoms with van der Waals surface area (Å²) in [7, 11) is 0. The lowest BCUT2D eigenvalue weighted by Gasteiger charge is -2.25. The van der Waals surface area contributed by atoms with Crippen LogP contribution in [0.2, 0.25) is 0 Å². The molecule has 1 unspecified atom stereocenters. The van der Waals surface area contributed by atoms with E-state index in [0.717, 1.165) is 12.8 Å². The number of hydrogen-bond donors (Lipinski definition) is 0. The van der Waals surface area contributed by atoms with E-state index in [9.17, 15) is 0 Å². The minimum atomic E-state index is 0.173. The molecule has 1 atom stereocenters. The molecule has 0 spiro atoms. The van der Waals surface area contributed by atoms with E-state index < -0.39 is 0 Å². The molecule has 1 nitrogen and oxygen atoms in total. The Morgan fingerprint density at radius 3 is 2.24 bits per heavy atom. The van der Waals surface area contributed by atoms with E-state index in [1.165, 1.54) is 10.7 Å². The number of thiazole rings is 1. The highest BCUT2D eigenvalue weighted by molar-refractivity contribution is 9.09. The number of aryl methyl sites for hydroxylation is 1. The zero-order chi connectivity index (χ0) is 13.3. The molecule has 0 amide bonds. The third kappa shape index (κ3) is 4.70. The maximum absolute atomic E-state index is 4.73. The lowest BCUT2D eigenvalue weighted by atomic mass is 9.89. The molecule has 0 fully saturated rings. The standard InChI is InChI=1S/C14H24BrNS/c1-13(2,3)10(15)7-8-12-16-11(9-17-12)14(4,5)6/h9-10H,7-8H2,1-6H3. The summed E-state index contributed by atoms with van der Waals surface area (Å²) in [4.78, 5) is 5.29. The van der Waals surface area contributed by atoms with E-state index in [0.29, 0.717) is 10.2 Å². The number of nitrogens with zero attached hydrogens (tertiary/aromatic N) is 1. The molecule has 0 aliphatic carbocycles. The first-order valence-corrected chi connectivity index (χ1v) is 7.99. The average molecular weight is 318 g/mol. The van der Waals surface area contributed by atoms with E-state index in [4.69, 9.17) is 4.98 Å². The number of alkyl halides is 1. The van der Waals surface area contributed by atoms with Crippen LogP contribution in [-0.2, 0) is 11.8 Å². The van der Waals surface area contributed by atoms with Crippen molar-refractivity contribution < 1.29 is 0 Å². The Morgan fingerprint density at radius 1 is 1.24 bits per heavy atom. The highest BCUT2D eigenvalue weighted by Crippen LogP contribution is 2.31. The predicted molar refractivity (Wildman–Crippen MR) is 81.3 cm³/mol. The van der Waals surface area contributed by atoms with Crippen LogP contribution in [0, 0.1) is 5.41 Å². The van der Waals surface area contributed by atoms with E-state index in [1.54, 1.807) is 11.3 Å². The summed E-state index contributed by atoms with van der Waals surface area (Å²) in [5.74, 6) is 0. The van der Waals surface area contributed by atoms with Gasteiger partial charge in [0.25, 0.3) is 0 Å². The molecule has 0 saturated heterocycles. The van der Waals surface area contributed by atoms with Crippen LogP contribution in [-0.4, -0.2) is 9.81 Å². The first-order chi connectivity index (χ1) is 7.60. The molecule has 1 aromatic heterocycles. The van der Waals surface area contributed by atoms with Crippen LogP contribution >= 0.6 is 27.3 Å². The van der Waals surface area contributed by atoms with Crippen LogP contribution in [0.3, 0.4) is 0 Å². The van der Waals surface area contributed by atoms with E-state index in [-0.39, 0.29) is 5.41 Å². The molecule has 0 N–H and O–H groups in total. The normalized spacial score (nSPS) is 15.0. The van der Waals surface area contributed by atoms with Crippen LogP contribution in [0.4, 0.5) is 0 Å². The molecule has 0 aliphatic heterocycles. The van der Waals surface area contributed by atoms with Gasteiger partial charge in [0.2, 0.25) is 0 Å². The molecule has 0 saturated carbocycles. The first kappa shape index (κ1) is 15.2. The summed E-state index contributed by atoms with van der Waals surface area (Å²) in [6.07, 6.45) is 2.23. The Morgan fingerprint density at radius 2 is 1.82 bits per heavy atom. The van der Waals surface area contributed by atoms with Crippen LogP contribution in [0.15, 0.2) is 5.38 Å². The summed E-state index contributed by atoms with van der Waals surface area (Å²) in [5, 5.41) is 3.47. The maximum atomic E-state index is 4.73. The molecule has 0 radical (unpaired) electrons. The van der Waals surface area contributed by atoms with Crippen molar-refractivity contribution in [1.82, 2.24) is 4.98 Å². The third-order valence-electron chi connectivity index (χ3n) is 2.87. The predicted octanol–water partition coefficient (Wildman–Crippen LogP) is 5.18. The smallest absolute Gasteiger partial charge is 0.0928 e. The summed E-state index contributed by atoms with van der Waals surface area (Å²) in [6, 6.07) is 0. The molecule has 0 bridgehead atoms. The van der Waals surface area contributed by atoms with Gasteiger partial charge in [0, 0.05) is 22.0 Å². The minimum absolute atomic E-state index is 0.173. The van der Waals surface area contributed by atoms with Gasteiger partial charge in [-0.3, -0.25) is 0 Å². The Balaban J connectivity index is 2.57. The molecule has 17 heavy (non-hydrogen) atoms. The van der Waals surface area contributed by atoms with Crippen molar-refractivity contribution >= 4 is 27.3 Å². The second-order valence-electron chi connectivity index (χ2n) is 6.75. The third-order valence-corrected chi connectivity index (χ3v) is 5.61. The lowest BCUT2D eigenvalue weighted by Crippen LogP contribution is -2.20. The van der Waals surface area contributed by atoms with Gasteiger partial charge in [-0.15, -0.1) is 11.3 Å². The molecule has 3 heteroatoms. The van der Waals surface area contributed by atoms with Crippen molar-refractivity contribution in [3.8, 4) is 0 Å². The van der Waals surface area contributed by atoms with Gasteiger partial charge in [-0.2, -0.15) is 0 Å². The second-order valence-corrected chi connectivity index (χ2v) is 8.80. The average Bonchev–Trinajstić information content (AvgIpc) is 2.59. The van der Waals surface area contributed by atoms with Crippen molar-refractivity contribution in [3.05, 3.63) is 16.1 Å². The molecule has 98 valence electrons. The largest absolute Gasteiger partial charge is 0.246 e. The van der Waals surface area contributed by atoms with Crippen molar-refractivity contribution in [3.63, 3.8) is 0 Å².